The molecule has 1 heterocycles. The Hall–Kier alpha value is -2.41. The summed E-state index contributed by atoms with van der Waals surface area (Å²) in [6, 6.07) is 10.2. The molecule has 0 bridgehead atoms. The minimum atomic E-state index is -1.48. The van der Waals surface area contributed by atoms with Crippen molar-refractivity contribution in [1.29, 1.82) is 0 Å². The van der Waals surface area contributed by atoms with Crippen LogP contribution in [0.2, 0.25) is 0 Å². The lowest BCUT2D eigenvalue weighted by atomic mass is 10.1. The van der Waals surface area contributed by atoms with Gasteiger partial charge < -0.3 is 14.8 Å². The summed E-state index contributed by atoms with van der Waals surface area (Å²) < 4.78 is 17.0. The third kappa shape index (κ3) is 5.07. The van der Waals surface area contributed by atoms with Crippen molar-refractivity contribution in [2.45, 2.75) is 19.1 Å². The van der Waals surface area contributed by atoms with E-state index in [4.69, 9.17) is 9.52 Å². The first-order chi connectivity index (χ1) is 11.0. The van der Waals surface area contributed by atoms with Gasteiger partial charge in [0.15, 0.2) is 0 Å². The number of carboxylic acids is 1. The Morgan fingerprint density at radius 3 is 2.43 bits per heavy atom. The maximum atomic E-state index is 11.9. The summed E-state index contributed by atoms with van der Waals surface area (Å²) in [4.78, 5) is 22.5. The van der Waals surface area contributed by atoms with Crippen molar-refractivity contribution >= 4 is 28.4 Å². The Balaban J connectivity index is 1.86. The van der Waals surface area contributed by atoms with Crippen LogP contribution < -0.4 is 5.32 Å². The van der Waals surface area contributed by atoms with Crippen LogP contribution in [-0.2, 0) is 27.8 Å². The minimum Gasteiger partial charge on any atom is -0.475 e. The highest BCUT2D eigenvalue weighted by molar-refractivity contribution is 7.84. The topological polar surface area (TPSA) is 96.6 Å². The van der Waals surface area contributed by atoms with Gasteiger partial charge in [-0.05, 0) is 36.2 Å². The molecule has 0 spiro atoms. The predicted molar refractivity (Wildman–Crippen MR) is 86.8 cm³/mol. The van der Waals surface area contributed by atoms with Gasteiger partial charge in [-0.25, -0.2) is 4.79 Å². The summed E-state index contributed by atoms with van der Waals surface area (Å²) in [5, 5.41) is 11.4. The largest absolute Gasteiger partial charge is 0.475 e. The van der Waals surface area contributed by atoms with E-state index < -0.39 is 16.8 Å². The first-order valence-electron chi connectivity index (χ1n) is 7.03. The maximum absolute atomic E-state index is 11.9. The van der Waals surface area contributed by atoms with Crippen LogP contribution in [-0.4, -0.2) is 26.9 Å². The van der Waals surface area contributed by atoms with Crippen LogP contribution in [0.15, 0.2) is 40.8 Å². The van der Waals surface area contributed by atoms with Crippen molar-refractivity contribution in [1.82, 2.24) is 0 Å². The highest BCUT2D eigenvalue weighted by Crippen LogP contribution is 2.12. The van der Waals surface area contributed by atoms with E-state index in [0.29, 0.717) is 5.69 Å². The van der Waals surface area contributed by atoms with Crippen LogP contribution in [0.5, 0.6) is 0 Å². The Morgan fingerprint density at radius 1 is 1.17 bits per heavy atom. The second kappa shape index (κ2) is 7.73. The van der Waals surface area contributed by atoms with Crippen molar-refractivity contribution in [3.63, 3.8) is 0 Å². The lowest BCUT2D eigenvalue weighted by Gasteiger charge is -2.05. The second-order valence-corrected chi connectivity index (χ2v) is 6.36. The fourth-order valence-electron chi connectivity index (χ4n) is 1.95. The number of carbonyl (C=O) groups excluding carboxylic acids is 1. The molecule has 7 heteroatoms. The molecule has 1 unspecified atom stereocenters. The highest BCUT2D eigenvalue weighted by atomic mass is 32.2. The zero-order chi connectivity index (χ0) is 16.8. The number of aromatic carboxylic acids is 1. The molecule has 1 aromatic heterocycles. The van der Waals surface area contributed by atoms with Crippen molar-refractivity contribution in [2.24, 2.45) is 0 Å². The molecule has 0 aliphatic rings. The molecular weight excluding hydrogens is 318 g/mol. The molecule has 2 N–H and O–H groups in total. The third-order valence-electron chi connectivity index (χ3n) is 3.11. The summed E-state index contributed by atoms with van der Waals surface area (Å²) in [7, 11) is -1.48. The quantitative estimate of drug-likeness (QED) is 0.810. The lowest BCUT2D eigenvalue weighted by Crippen LogP contribution is -2.20. The summed E-state index contributed by atoms with van der Waals surface area (Å²) >= 11 is 0. The number of carbonyl (C=O) groups is 2. The van der Waals surface area contributed by atoms with E-state index in [1.807, 2.05) is 19.1 Å². The lowest BCUT2D eigenvalue weighted by molar-refractivity contribution is -0.113. The fourth-order valence-corrected chi connectivity index (χ4v) is 2.89. The van der Waals surface area contributed by atoms with Crippen LogP contribution >= 0.6 is 0 Å². The van der Waals surface area contributed by atoms with Crippen LogP contribution in [0.4, 0.5) is 5.69 Å². The third-order valence-corrected chi connectivity index (χ3v) is 4.30. The number of carboxylic acid groups (broad SMARTS) is 1. The molecule has 0 aliphatic heterocycles. The van der Waals surface area contributed by atoms with Gasteiger partial charge in [0, 0.05) is 16.5 Å². The molecule has 1 atom stereocenters. The van der Waals surface area contributed by atoms with Gasteiger partial charge in [0.1, 0.15) is 11.5 Å². The Bertz CT molecular complexity index is 720. The summed E-state index contributed by atoms with van der Waals surface area (Å²) in [5.41, 5.74) is 1.81. The monoisotopic (exact) mass is 335 g/mol. The molecular formula is C16H17NO5S. The Morgan fingerprint density at radius 2 is 1.87 bits per heavy atom. The van der Waals surface area contributed by atoms with Crippen LogP contribution in [0.1, 0.15) is 28.8 Å². The SMILES string of the molecule is CCc1ccc(NC(=O)CS(=O)Cc2ccc(C(=O)O)o2)cc1. The predicted octanol–water partition coefficient (Wildman–Crippen LogP) is 2.43. The molecule has 0 radical (unpaired) electrons. The molecule has 0 fully saturated rings. The summed E-state index contributed by atoms with van der Waals surface area (Å²) in [6.07, 6.45) is 0.916. The number of furan rings is 1. The van der Waals surface area contributed by atoms with Gasteiger partial charge in [0.2, 0.25) is 11.7 Å². The van der Waals surface area contributed by atoms with E-state index in [9.17, 15) is 13.8 Å². The molecule has 0 saturated heterocycles. The van der Waals surface area contributed by atoms with Crippen molar-refractivity contribution in [3.05, 3.63) is 53.5 Å². The average Bonchev–Trinajstić information content (AvgIpc) is 2.96. The average molecular weight is 335 g/mol. The van der Waals surface area contributed by atoms with Gasteiger partial charge in [0.25, 0.3) is 0 Å². The van der Waals surface area contributed by atoms with E-state index in [1.54, 1.807) is 12.1 Å². The minimum absolute atomic E-state index is 0.00449. The summed E-state index contributed by atoms with van der Waals surface area (Å²) in [5.74, 6) is -1.67. The number of hydrogen-bond donors (Lipinski definition) is 2. The Labute approximate surface area is 136 Å². The van der Waals surface area contributed by atoms with Gasteiger partial charge in [-0.3, -0.25) is 9.00 Å². The van der Waals surface area contributed by atoms with Crippen molar-refractivity contribution in [3.8, 4) is 0 Å². The number of hydrogen-bond acceptors (Lipinski definition) is 4. The maximum Gasteiger partial charge on any atom is 0.371 e. The molecule has 2 aromatic rings. The Kier molecular flexibility index (Phi) is 5.70. The van der Waals surface area contributed by atoms with Gasteiger partial charge in [-0.1, -0.05) is 19.1 Å². The number of aryl methyl sites for hydroxylation is 1. The van der Waals surface area contributed by atoms with Crippen LogP contribution in [0, 0.1) is 0 Å². The van der Waals surface area contributed by atoms with E-state index in [-0.39, 0.29) is 28.9 Å². The smallest absolute Gasteiger partial charge is 0.371 e. The van der Waals surface area contributed by atoms with Crippen molar-refractivity contribution < 1.29 is 23.3 Å². The summed E-state index contributed by atoms with van der Waals surface area (Å²) in [6.45, 7) is 2.04. The number of nitrogens with one attached hydrogen (secondary N) is 1. The normalized spacial score (nSPS) is 11.9. The number of anilines is 1. The van der Waals surface area contributed by atoms with Gasteiger partial charge >= 0.3 is 5.97 Å². The standard InChI is InChI=1S/C16H17NO5S/c1-2-11-3-5-12(6-4-11)17-15(18)10-23(21)9-13-7-8-14(22-13)16(19)20/h3-8H,2,9-10H2,1H3,(H,17,18)(H,19,20). The number of benzene rings is 1. The number of amides is 1. The first-order valence-corrected chi connectivity index (χ1v) is 8.52. The zero-order valence-electron chi connectivity index (χ0n) is 12.6. The van der Waals surface area contributed by atoms with Crippen molar-refractivity contribution in [2.75, 3.05) is 11.1 Å². The van der Waals surface area contributed by atoms with Gasteiger partial charge in [0.05, 0.1) is 5.75 Å². The van der Waals surface area contributed by atoms with Gasteiger partial charge in [-0.2, -0.15) is 0 Å². The van der Waals surface area contributed by atoms with Crippen LogP contribution in [0.25, 0.3) is 0 Å². The van der Waals surface area contributed by atoms with Gasteiger partial charge in [-0.15, -0.1) is 0 Å². The van der Waals surface area contributed by atoms with Crippen LogP contribution in [0.3, 0.4) is 0 Å². The number of rotatable bonds is 7. The fraction of sp³-hybridized carbons (Fsp3) is 0.250. The molecule has 122 valence electrons. The second-order valence-electron chi connectivity index (χ2n) is 4.90. The highest BCUT2D eigenvalue weighted by Gasteiger charge is 2.14. The van der Waals surface area contributed by atoms with E-state index in [1.165, 1.54) is 17.7 Å². The van der Waals surface area contributed by atoms with E-state index in [0.717, 1.165) is 6.42 Å². The molecule has 1 amide bonds. The molecule has 6 nitrogen and oxygen atoms in total. The molecule has 0 saturated carbocycles. The van der Waals surface area contributed by atoms with E-state index >= 15 is 0 Å². The molecule has 23 heavy (non-hydrogen) atoms. The molecule has 2 rings (SSSR count). The zero-order valence-corrected chi connectivity index (χ0v) is 13.4. The van der Waals surface area contributed by atoms with E-state index in [2.05, 4.69) is 5.32 Å². The molecule has 0 aliphatic carbocycles. The first kappa shape index (κ1) is 17.0. The molecule has 1 aromatic carbocycles.